The van der Waals surface area contributed by atoms with Gasteiger partial charge in [-0.3, -0.25) is 0 Å². The zero-order valence-corrected chi connectivity index (χ0v) is 13.2. The largest absolute Gasteiger partial charge is 0.497 e. The van der Waals surface area contributed by atoms with Gasteiger partial charge < -0.3 is 9.84 Å². The molecule has 21 heavy (non-hydrogen) atoms. The molecule has 1 atom stereocenters. The Bertz CT molecular complexity index is 800. The summed E-state index contributed by atoms with van der Waals surface area (Å²) in [6.45, 7) is 2.00. The fourth-order valence-corrected chi connectivity index (χ4v) is 3.44. The first kappa shape index (κ1) is 14.3. The third-order valence-electron chi connectivity index (χ3n) is 3.36. The van der Waals surface area contributed by atoms with Crippen LogP contribution in [0.3, 0.4) is 0 Å². The van der Waals surface area contributed by atoms with Crippen molar-refractivity contribution in [3.8, 4) is 5.75 Å². The van der Waals surface area contributed by atoms with Crippen LogP contribution in [-0.2, 0) is 0 Å². The number of ether oxygens (including phenoxy) is 1. The molecule has 0 amide bonds. The number of rotatable bonds is 3. The predicted octanol–water partition coefficient (Wildman–Crippen LogP) is 4.35. The highest BCUT2D eigenvalue weighted by atomic mass is 35.5. The predicted molar refractivity (Wildman–Crippen MR) is 86.4 cm³/mol. The van der Waals surface area contributed by atoms with Crippen LogP contribution in [0.5, 0.6) is 5.75 Å². The molecule has 0 radical (unpaired) electrons. The fourth-order valence-electron chi connectivity index (χ4n) is 2.35. The molecule has 0 saturated heterocycles. The average molecular weight is 320 g/mol. The Morgan fingerprint density at radius 3 is 2.81 bits per heavy atom. The summed E-state index contributed by atoms with van der Waals surface area (Å²) >= 11 is 7.39. The van der Waals surface area contributed by atoms with Crippen molar-refractivity contribution < 1.29 is 9.84 Å². The molecule has 0 saturated carbocycles. The van der Waals surface area contributed by atoms with E-state index in [9.17, 15) is 5.11 Å². The van der Waals surface area contributed by atoms with Gasteiger partial charge in [0.2, 0.25) is 0 Å². The van der Waals surface area contributed by atoms with Gasteiger partial charge in [-0.15, -0.1) is 11.3 Å². The number of aliphatic hydroxyl groups excluding tert-OH is 1. The van der Waals surface area contributed by atoms with E-state index in [2.05, 4.69) is 4.98 Å². The molecule has 3 nitrogen and oxygen atoms in total. The van der Waals surface area contributed by atoms with Crippen molar-refractivity contribution in [3.63, 3.8) is 0 Å². The quantitative estimate of drug-likeness (QED) is 0.780. The van der Waals surface area contributed by atoms with Crippen LogP contribution >= 0.6 is 22.9 Å². The van der Waals surface area contributed by atoms with Crippen LogP contribution in [0.4, 0.5) is 0 Å². The van der Waals surface area contributed by atoms with Crippen molar-refractivity contribution in [2.75, 3.05) is 7.11 Å². The van der Waals surface area contributed by atoms with E-state index in [1.165, 1.54) is 11.3 Å². The van der Waals surface area contributed by atoms with Crippen LogP contribution < -0.4 is 4.74 Å². The molecule has 1 aromatic heterocycles. The fraction of sp³-hybridized carbons (Fsp3) is 0.188. The minimum absolute atomic E-state index is 0.455. The molecule has 0 fully saturated rings. The van der Waals surface area contributed by atoms with E-state index in [0.29, 0.717) is 15.8 Å². The van der Waals surface area contributed by atoms with E-state index in [1.54, 1.807) is 7.11 Å². The summed E-state index contributed by atoms with van der Waals surface area (Å²) in [6.07, 6.45) is -0.763. The Labute approximate surface area is 131 Å². The number of aromatic nitrogens is 1. The van der Waals surface area contributed by atoms with Gasteiger partial charge >= 0.3 is 0 Å². The van der Waals surface area contributed by atoms with Crippen molar-refractivity contribution in [1.29, 1.82) is 0 Å². The maximum Gasteiger partial charge on any atom is 0.184 e. The Kier molecular flexibility index (Phi) is 3.85. The molecule has 1 heterocycles. The number of thiazole rings is 1. The van der Waals surface area contributed by atoms with Crippen molar-refractivity contribution in [2.45, 2.75) is 13.0 Å². The van der Waals surface area contributed by atoms with Crippen LogP contribution in [0.2, 0.25) is 4.47 Å². The van der Waals surface area contributed by atoms with E-state index in [4.69, 9.17) is 16.3 Å². The molecule has 2 aromatic carbocycles. The second kappa shape index (κ2) is 5.64. The monoisotopic (exact) mass is 319 g/mol. The number of hydrogen-bond donors (Lipinski definition) is 1. The van der Waals surface area contributed by atoms with Crippen LogP contribution in [0.25, 0.3) is 10.2 Å². The molecular weight excluding hydrogens is 306 g/mol. The maximum atomic E-state index is 10.7. The normalized spacial score (nSPS) is 12.6. The standard InChI is InChI=1S/C16H14ClNO2S/c1-9-4-3-5-10(6-9)15(19)12-7-11(20-2)8-13-14(12)18-16(17)21-13/h3-8,15,19H,1-2H3. The van der Waals surface area contributed by atoms with Gasteiger partial charge in [0, 0.05) is 5.56 Å². The third-order valence-corrected chi connectivity index (χ3v) is 4.47. The summed E-state index contributed by atoms with van der Waals surface area (Å²) in [5, 5.41) is 10.7. The smallest absolute Gasteiger partial charge is 0.184 e. The Morgan fingerprint density at radius 2 is 2.10 bits per heavy atom. The molecule has 0 spiro atoms. The average Bonchev–Trinajstić information content (AvgIpc) is 2.85. The van der Waals surface area contributed by atoms with E-state index in [-0.39, 0.29) is 0 Å². The number of fused-ring (bicyclic) bond motifs is 1. The van der Waals surface area contributed by atoms with Gasteiger partial charge in [-0.1, -0.05) is 41.4 Å². The topological polar surface area (TPSA) is 42.4 Å². The lowest BCUT2D eigenvalue weighted by Crippen LogP contribution is -2.01. The van der Waals surface area contributed by atoms with Gasteiger partial charge in [0.25, 0.3) is 0 Å². The van der Waals surface area contributed by atoms with Crippen LogP contribution in [0, 0.1) is 6.92 Å². The van der Waals surface area contributed by atoms with Crippen molar-refractivity contribution >= 4 is 33.2 Å². The van der Waals surface area contributed by atoms with Gasteiger partial charge in [-0.05, 0) is 24.6 Å². The molecule has 108 valence electrons. The number of halogens is 1. The lowest BCUT2D eigenvalue weighted by Gasteiger charge is -2.14. The number of aliphatic hydroxyl groups is 1. The minimum Gasteiger partial charge on any atom is -0.497 e. The molecule has 1 unspecified atom stereocenters. The van der Waals surface area contributed by atoms with Crippen LogP contribution in [0.15, 0.2) is 36.4 Å². The number of nitrogens with zero attached hydrogens (tertiary/aromatic N) is 1. The first-order valence-electron chi connectivity index (χ1n) is 6.47. The molecule has 0 aliphatic rings. The number of methoxy groups -OCH3 is 1. The zero-order valence-electron chi connectivity index (χ0n) is 11.6. The number of aryl methyl sites for hydroxylation is 1. The highest BCUT2D eigenvalue weighted by Crippen LogP contribution is 2.36. The molecule has 0 aliphatic carbocycles. The highest BCUT2D eigenvalue weighted by molar-refractivity contribution is 7.22. The molecule has 3 rings (SSSR count). The molecule has 1 N–H and O–H groups in total. The Balaban J connectivity index is 2.18. The van der Waals surface area contributed by atoms with Crippen LogP contribution in [-0.4, -0.2) is 17.2 Å². The van der Waals surface area contributed by atoms with Crippen molar-refractivity contribution in [3.05, 3.63) is 57.6 Å². The van der Waals surface area contributed by atoms with Crippen LogP contribution in [0.1, 0.15) is 22.8 Å². The summed E-state index contributed by atoms with van der Waals surface area (Å²) < 4.78 is 6.67. The number of benzene rings is 2. The molecule has 0 bridgehead atoms. The summed E-state index contributed by atoms with van der Waals surface area (Å²) in [5.41, 5.74) is 3.36. The Morgan fingerprint density at radius 1 is 1.29 bits per heavy atom. The first-order valence-corrected chi connectivity index (χ1v) is 7.66. The van der Waals surface area contributed by atoms with E-state index >= 15 is 0 Å². The van der Waals surface area contributed by atoms with E-state index < -0.39 is 6.10 Å². The molecule has 5 heteroatoms. The Hall–Kier alpha value is -1.62. The SMILES string of the molecule is COc1cc(C(O)c2cccc(C)c2)c2nc(Cl)sc2c1. The first-order chi connectivity index (χ1) is 10.1. The zero-order chi connectivity index (χ0) is 15.0. The third kappa shape index (κ3) is 2.75. The van der Waals surface area contributed by atoms with Gasteiger partial charge in [-0.2, -0.15) is 0 Å². The van der Waals surface area contributed by atoms with Crippen molar-refractivity contribution in [2.24, 2.45) is 0 Å². The maximum absolute atomic E-state index is 10.7. The summed E-state index contributed by atoms with van der Waals surface area (Å²) in [4.78, 5) is 4.33. The molecule has 0 aliphatic heterocycles. The highest BCUT2D eigenvalue weighted by Gasteiger charge is 2.18. The second-order valence-electron chi connectivity index (χ2n) is 4.85. The van der Waals surface area contributed by atoms with Gasteiger partial charge in [0.1, 0.15) is 11.9 Å². The van der Waals surface area contributed by atoms with Gasteiger partial charge in [0.15, 0.2) is 4.47 Å². The molecule has 3 aromatic rings. The summed E-state index contributed by atoms with van der Waals surface area (Å²) in [5.74, 6) is 0.685. The lowest BCUT2D eigenvalue weighted by molar-refractivity contribution is 0.221. The molecular formula is C16H14ClNO2S. The van der Waals surface area contributed by atoms with Gasteiger partial charge in [0.05, 0.1) is 17.3 Å². The van der Waals surface area contributed by atoms with Crippen molar-refractivity contribution in [1.82, 2.24) is 4.98 Å². The number of hydrogen-bond acceptors (Lipinski definition) is 4. The summed E-state index contributed by atoms with van der Waals surface area (Å²) in [6, 6.07) is 11.5. The van der Waals surface area contributed by atoms with E-state index in [0.717, 1.165) is 21.3 Å². The lowest BCUT2D eigenvalue weighted by atomic mass is 9.99. The van der Waals surface area contributed by atoms with Gasteiger partial charge in [-0.25, -0.2) is 4.98 Å². The minimum atomic E-state index is -0.763. The van der Waals surface area contributed by atoms with E-state index in [1.807, 2.05) is 43.3 Å². The summed E-state index contributed by atoms with van der Waals surface area (Å²) in [7, 11) is 1.60. The second-order valence-corrected chi connectivity index (χ2v) is 6.46.